The van der Waals surface area contributed by atoms with Gasteiger partial charge >= 0.3 is 0 Å². The predicted octanol–water partition coefficient (Wildman–Crippen LogP) is 1.65. The first kappa shape index (κ1) is 11.9. The molecule has 0 radical (unpaired) electrons. The Labute approximate surface area is 107 Å². The molecule has 2 N–H and O–H groups in total. The summed E-state index contributed by atoms with van der Waals surface area (Å²) in [6, 6.07) is 5.55. The molecule has 1 saturated carbocycles. The molecule has 98 valence electrons. The van der Waals surface area contributed by atoms with Crippen LogP contribution in [0.15, 0.2) is 18.2 Å². The van der Waals surface area contributed by atoms with E-state index >= 15 is 0 Å². The monoisotopic (exact) mass is 250 g/mol. The molecule has 18 heavy (non-hydrogen) atoms. The van der Waals surface area contributed by atoms with Gasteiger partial charge in [-0.3, -0.25) is 0 Å². The van der Waals surface area contributed by atoms with Gasteiger partial charge in [0, 0.05) is 31.4 Å². The van der Waals surface area contributed by atoms with Crippen LogP contribution < -0.4 is 10.2 Å². The Balaban J connectivity index is 1.77. The van der Waals surface area contributed by atoms with Gasteiger partial charge in [0.05, 0.1) is 6.10 Å². The lowest BCUT2D eigenvalue weighted by atomic mass is 10.1. The topological polar surface area (TPSA) is 35.5 Å². The maximum atomic E-state index is 13.4. The highest BCUT2D eigenvalue weighted by Crippen LogP contribution is 2.27. The van der Waals surface area contributed by atoms with Gasteiger partial charge < -0.3 is 15.3 Å². The molecule has 0 spiro atoms. The molecule has 0 amide bonds. The minimum Gasteiger partial charge on any atom is -0.391 e. The van der Waals surface area contributed by atoms with E-state index in [-0.39, 0.29) is 11.9 Å². The Morgan fingerprint density at radius 1 is 1.33 bits per heavy atom. The number of halogens is 1. The smallest absolute Gasteiger partial charge is 0.123 e. The standard InChI is InChI=1S/C14H19FN2O/c15-11-1-4-14(17-6-5-13(18)9-17)10(7-11)8-16-12-2-3-12/h1,4,7,12-13,16,18H,2-3,5-6,8-9H2. The average Bonchev–Trinajstić information content (AvgIpc) is 3.08. The highest BCUT2D eigenvalue weighted by Gasteiger charge is 2.24. The van der Waals surface area contributed by atoms with Gasteiger partial charge in [-0.15, -0.1) is 0 Å². The largest absolute Gasteiger partial charge is 0.391 e. The van der Waals surface area contributed by atoms with Crippen LogP contribution in [0.4, 0.5) is 10.1 Å². The first-order valence-corrected chi connectivity index (χ1v) is 6.67. The van der Waals surface area contributed by atoms with Crippen molar-refractivity contribution in [2.24, 2.45) is 0 Å². The third kappa shape index (κ3) is 2.65. The summed E-state index contributed by atoms with van der Waals surface area (Å²) < 4.78 is 13.4. The van der Waals surface area contributed by atoms with Crippen LogP contribution in [0.5, 0.6) is 0 Å². The summed E-state index contributed by atoms with van der Waals surface area (Å²) in [6.07, 6.45) is 3.01. The number of β-amino-alcohol motifs (C(OH)–C–C–N with tert-alkyl or cyclic N) is 1. The van der Waals surface area contributed by atoms with Crippen LogP contribution in [0.1, 0.15) is 24.8 Å². The van der Waals surface area contributed by atoms with Crippen LogP contribution in [0, 0.1) is 5.82 Å². The van der Waals surface area contributed by atoms with Crippen LogP contribution in [0.2, 0.25) is 0 Å². The number of nitrogens with zero attached hydrogens (tertiary/aromatic N) is 1. The fraction of sp³-hybridized carbons (Fsp3) is 0.571. The molecule has 3 nitrogen and oxygen atoms in total. The van der Waals surface area contributed by atoms with Crippen molar-refractivity contribution >= 4 is 5.69 Å². The van der Waals surface area contributed by atoms with E-state index in [2.05, 4.69) is 10.2 Å². The first-order valence-electron chi connectivity index (χ1n) is 6.67. The fourth-order valence-electron chi connectivity index (χ4n) is 2.51. The molecule has 1 saturated heterocycles. The van der Waals surface area contributed by atoms with Crippen LogP contribution in [0.25, 0.3) is 0 Å². The van der Waals surface area contributed by atoms with Crippen molar-refractivity contribution in [3.8, 4) is 0 Å². The predicted molar refractivity (Wildman–Crippen MR) is 69.1 cm³/mol. The number of aliphatic hydroxyl groups is 1. The van der Waals surface area contributed by atoms with Crippen LogP contribution in [0.3, 0.4) is 0 Å². The van der Waals surface area contributed by atoms with E-state index in [1.165, 1.54) is 18.9 Å². The van der Waals surface area contributed by atoms with E-state index in [1.807, 2.05) is 6.07 Å². The van der Waals surface area contributed by atoms with Crippen molar-refractivity contribution in [3.63, 3.8) is 0 Å². The summed E-state index contributed by atoms with van der Waals surface area (Å²) in [5.41, 5.74) is 2.05. The second-order valence-corrected chi connectivity index (χ2v) is 5.32. The van der Waals surface area contributed by atoms with Crippen molar-refractivity contribution in [1.29, 1.82) is 0 Å². The Kier molecular flexibility index (Phi) is 3.22. The molecule has 1 atom stereocenters. The van der Waals surface area contributed by atoms with E-state index in [4.69, 9.17) is 0 Å². The number of anilines is 1. The molecular formula is C14H19FN2O. The Bertz CT molecular complexity index is 434. The number of hydrogen-bond acceptors (Lipinski definition) is 3. The van der Waals surface area contributed by atoms with Gasteiger partial charge in [-0.05, 0) is 43.0 Å². The quantitative estimate of drug-likeness (QED) is 0.853. The number of aliphatic hydroxyl groups excluding tert-OH is 1. The molecule has 1 unspecified atom stereocenters. The van der Waals surface area contributed by atoms with Gasteiger partial charge in [0.1, 0.15) is 5.82 Å². The molecule has 0 aromatic heterocycles. The number of hydrogen-bond donors (Lipinski definition) is 2. The van der Waals surface area contributed by atoms with Crippen LogP contribution in [-0.2, 0) is 6.54 Å². The molecule has 0 bridgehead atoms. The zero-order chi connectivity index (χ0) is 12.5. The van der Waals surface area contributed by atoms with Gasteiger partial charge in [0.25, 0.3) is 0 Å². The summed E-state index contributed by atoms with van der Waals surface area (Å²) in [4.78, 5) is 2.15. The third-order valence-corrected chi connectivity index (χ3v) is 3.70. The molecular weight excluding hydrogens is 231 g/mol. The van der Waals surface area contributed by atoms with E-state index in [0.29, 0.717) is 19.1 Å². The summed E-state index contributed by atoms with van der Waals surface area (Å²) in [7, 11) is 0. The SMILES string of the molecule is OC1CCN(c2ccc(F)cc2CNC2CC2)C1. The van der Waals surface area contributed by atoms with Crippen LogP contribution in [-0.4, -0.2) is 30.3 Å². The fourth-order valence-corrected chi connectivity index (χ4v) is 2.51. The minimum absolute atomic E-state index is 0.189. The van der Waals surface area contributed by atoms with Gasteiger partial charge in [0.15, 0.2) is 0 Å². The summed E-state index contributed by atoms with van der Waals surface area (Å²) in [5, 5.41) is 13.0. The zero-order valence-corrected chi connectivity index (χ0v) is 10.4. The van der Waals surface area contributed by atoms with E-state index < -0.39 is 0 Å². The van der Waals surface area contributed by atoms with E-state index in [0.717, 1.165) is 24.2 Å². The molecule has 1 heterocycles. The summed E-state index contributed by atoms with van der Waals surface area (Å²) in [6.45, 7) is 2.22. The molecule has 1 aliphatic heterocycles. The average molecular weight is 250 g/mol. The molecule has 4 heteroatoms. The zero-order valence-electron chi connectivity index (χ0n) is 10.4. The van der Waals surface area contributed by atoms with Gasteiger partial charge in [-0.25, -0.2) is 4.39 Å². The normalized spacial score (nSPS) is 23.7. The molecule has 1 aliphatic carbocycles. The van der Waals surface area contributed by atoms with Crippen molar-refractivity contribution in [2.45, 2.75) is 38.0 Å². The third-order valence-electron chi connectivity index (χ3n) is 3.70. The number of rotatable bonds is 4. The lowest BCUT2D eigenvalue weighted by Gasteiger charge is -2.22. The first-order chi connectivity index (χ1) is 8.72. The Hall–Kier alpha value is -1.13. The minimum atomic E-state index is -0.251. The Morgan fingerprint density at radius 3 is 2.83 bits per heavy atom. The molecule has 2 aliphatic rings. The van der Waals surface area contributed by atoms with Crippen LogP contribution >= 0.6 is 0 Å². The van der Waals surface area contributed by atoms with Crippen molar-refractivity contribution in [3.05, 3.63) is 29.6 Å². The Morgan fingerprint density at radius 2 is 2.17 bits per heavy atom. The summed E-state index contributed by atoms with van der Waals surface area (Å²) in [5.74, 6) is -0.189. The molecule has 3 rings (SSSR count). The number of benzene rings is 1. The van der Waals surface area contributed by atoms with E-state index in [9.17, 15) is 9.50 Å². The molecule has 1 aromatic rings. The highest BCUT2D eigenvalue weighted by atomic mass is 19.1. The van der Waals surface area contributed by atoms with Crippen molar-refractivity contribution in [1.82, 2.24) is 5.32 Å². The molecule has 1 aromatic carbocycles. The second-order valence-electron chi connectivity index (χ2n) is 5.32. The van der Waals surface area contributed by atoms with Gasteiger partial charge in [0.2, 0.25) is 0 Å². The maximum absolute atomic E-state index is 13.4. The van der Waals surface area contributed by atoms with Crippen molar-refractivity contribution < 1.29 is 9.50 Å². The van der Waals surface area contributed by atoms with Gasteiger partial charge in [-0.2, -0.15) is 0 Å². The lowest BCUT2D eigenvalue weighted by molar-refractivity contribution is 0.198. The van der Waals surface area contributed by atoms with Crippen molar-refractivity contribution in [2.75, 3.05) is 18.0 Å². The van der Waals surface area contributed by atoms with Gasteiger partial charge in [-0.1, -0.05) is 0 Å². The maximum Gasteiger partial charge on any atom is 0.123 e. The summed E-state index contributed by atoms with van der Waals surface area (Å²) >= 11 is 0. The molecule has 2 fully saturated rings. The lowest BCUT2D eigenvalue weighted by Crippen LogP contribution is -2.24. The number of nitrogens with one attached hydrogen (secondary N) is 1. The second kappa shape index (κ2) is 4.86. The van der Waals surface area contributed by atoms with E-state index in [1.54, 1.807) is 6.07 Å². The highest BCUT2D eigenvalue weighted by molar-refractivity contribution is 5.54.